The highest BCUT2D eigenvalue weighted by atomic mass is 127. The Labute approximate surface area is 82.3 Å². The standard InChI is InChI=1S/C5H10I2O2/c6-2-4(8)1-5(9)3-7/h4-5,8-9H,1-3H2. The Morgan fingerprint density at radius 2 is 1.33 bits per heavy atom. The van der Waals surface area contributed by atoms with Crippen molar-refractivity contribution in [3.05, 3.63) is 0 Å². The van der Waals surface area contributed by atoms with Crippen molar-refractivity contribution in [2.75, 3.05) is 8.86 Å². The summed E-state index contributed by atoms with van der Waals surface area (Å²) in [6, 6.07) is 0. The van der Waals surface area contributed by atoms with E-state index in [4.69, 9.17) is 10.2 Å². The lowest BCUT2D eigenvalue weighted by molar-refractivity contribution is 0.110. The lowest BCUT2D eigenvalue weighted by Crippen LogP contribution is -2.19. The Morgan fingerprint density at radius 1 is 1.00 bits per heavy atom. The van der Waals surface area contributed by atoms with Crippen LogP contribution in [0.15, 0.2) is 0 Å². The van der Waals surface area contributed by atoms with E-state index in [2.05, 4.69) is 45.2 Å². The zero-order valence-corrected chi connectivity index (χ0v) is 9.24. The Kier molecular flexibility index (Phi) is 7.05. The molecule has 0 amide bonds. The number of aliphatic hydroxyl groups is 2. The lowest BCUT2D eigenvalue weighted by atomic mass is 10.2. The van der Waals surface area contributed by atoms with Crippen LogP contribution in [-0.2, 0) is 0 Å². The summed E-state index contributed by atoms with van der Waals surface area (Å²) in [6.45, 7) is 0. The molecule has 0 spiro atoms. The molecule has 56 valence electrons. The number of halogens is 2. The maximum atomic E-state index is 8.99. The zero-order valence-electron chi connectivity index (χ0n) is 4.93. The average molecular weight is 356 g/mol. The molecule has 0 radical (unpaired) electrons. The van der Waals surface area contributed by atoms with E-state index >= 15 is 0 Å². The molecule has 0 heterocycles. The predicted octanol–water partition coefficient (Wildman–Crippen LogP) is 0.968. The van der Waals surface area contributed by atoms with Gasteiger partial charge in [-0.1, -0.05) is 45.2 Å². The van der Waals surface area contributed by atoms with E-state index in [1.807, 2.05) is 0 Å². The summed E-state index contributed by atoms with van der Waals surface area (Å²) in [7, 11) is 0. The summed E-state index contributed by atoms with van der Waals surface area (Å²) in [6.07, 6.45) is -0.169. The maximum absolute atomic E-state index is 8.99. The van der Waals surface area contributed by atoms with Crippen molar-refractivity contribution in [3.63, 3.8) is 0 Å². The Balaban J connectivity index is 3.22. The molecule has 2 atom stereocenters. The molecule has 0 aromatic carbocycles. The summed E-state index contributed by atoms with van der Waals surface area (Å²) in [4.78, 5) is 0. The van der Waals surface area contributed by atoms with E-state index in [-0.39, 0.29) is 12.2 Å². The first-order valence-corrected chi connectivity index (χ1v) is 5.74. The predicted molar refractivity (Wildman–Crippen MR) is 54.4 cm³/mol. The van der Waals surface area contributed by atoms with Crippen molar-refractivity contribution in [3.8, 4) is 0 Å². The van der Waals surface area contributed by atoms with E-state index in [9.17, 15) is 0 Å². The van der Waals surface area contributed by atoms with Crippen LogP contribution in [0.3, 0.4) is 0 Å². The first-order chi connectivity index (χ1) is 4.20. The van der Waals surface area contributed by atoms with Gasteiger partial charge in [0, 0.05) is 15.3 Å². The smallest absolute Gasteiger partial charge is 0.0654 e. The number of aliphatic hydroxyl groups excluding tert-OH is 2. The van der Waals surface area contributed by atoms with E-state index in [1.165, 1.54) is 0 Å². The van der Waals surface area contributed by atoms with Crippen LogP contribution in [0, 0.1) is 0 Å². The highest BCUT2D eigenvalue weighted by Gasteiger charge is 2.07. The van der Waals surface area contributed by atoms with Gasteiger partial charge < -0.3 is 10.2 Å². The van der Waals surface area contributed by atoms with Crippen molar-refractivity contribution in [2.24, 2.45) is 0 Å². The number of hydrogen-bond donors (Lipinski definition) is 2. The van der Waals surface area contributed by atoms with Crippen LogP contribution in [0.4, 0.5) is 0 Å². The SMILES string of the molecule is OC(CI)CC(O)CI. The van der Waals surface area contributed by atoms with Gasteiger partial charge in [0.25, 0.3) is 0 Å². The monoisotopic (exact) mass is 356 g/mol. The van der Waals surface area contributed by atoms with Crippen LogP contribution in [-0.4, -0.2) is 31.3 Å². The average Bonchev–Trinajstić information content (AvgIpc) is 1.87. The zero-order chi connectivity index (χ0) is 7.28. The second-order valence-electron chi connectivity index (χ2n) is 1.85. The second kappa shape index (κ2) is 6.11. The molecule has 2 unspecified atom stereocenters. The number of rotatable bonds is 4. The lowest BCUT2D eigenvalue weighted by Gasteiger charge is -2.09. The van der Waals surface area contributed by atoms with E-state index in [1.54, 1.807) is 0 Å². The van der Waals surface area contributed by atoms with Gasteiger partial charge in [0.1, 0.15) is 0 Å². The Bertz CT molecular complexity index is 62.0. The molecule has 0 aliphatic carbocycles. The maximum Gasteiger partial charge on any atom is 0.0654 e. The van der Waals surface area contributed by atoms with Gasteiger partial charge in [-0.05, 0) is 0 Å². The van der Waals surface area contributed by atoms with E-state index in [0.717, 1.165) is 0 Å². The van der Waals surface area contributed by atoms with Gasteiger partial charge in [-0.25, -0.2) is 0 Å². The molecule has 0 rings (SSSR count). The van der Waals surface area contributed by atoms with Gasteiger partial charge in [0.15, 0.2) is 0 Å². The molecule has 0 saturated carbocycles. The largest absolute Gasteiger partial charge is 0.392 e. The molecule has 4 heteroatoms. The first kappa shape index (κ1) is 10.4. The third kappa shape index (κ3) is 5.81. The minimum atomic E-state index is -0.338. The van der Waals surface area contributed by atoms with Crippen molar-refractivity contribution in [2.45, 2.75) is 18.6 Å². The van der Waals surface area contributed by atoms with Crippen molar-refractivity contribution < 1.29 is 10.2 Å². The van der Waals surface area contributed by atoms with Gasteiger partial charge in [-0.2, -0.15) is 0 Å². The molecule has 9 heavy (non-hydrogen) atoms. The molecule has 2 N–H and O–H groups in total. The minimum absolute atomic E-state index is 0.338. The third-order valence-corrected chi connectivity index (χ3v) is 2.93. The summed E-state index contributed by atoms with van der Waals surface area (Å²) in [5.41, 5.74) is 0. The second-order valence-corrected chi connectivity index (χ2v) is 3.61. The van der Waals surface area contributed by atoms with Crippen molar-refractivity contribution in [1.82, 2.24) is 0 Å². The quantitative estimate of drug-likeness (QED) is 0.582. The van der Waals surface area contributed by atoms with Crippen LogP contribution >= 0.6 is 45.2 Å². The molecule has 0 aromatic rings. The molecule has 0 fully saturated rings. The first-order valence-electron chi connectivity index (χ1n) is 2.68. The van der Waals surface area contributed by atoms with Gasteiger partial charge >= 0.3 is 0 Å². The minimum Gasteiger partial charge on any atom is -0.392 e. The number of alkyl halides is 2. The molecular formula is C5H10I2O2. The fourth-order valence-electron chi connectivity index (χ4n) is 0.440. The van der Waals surface area contributed by atoms with Crippen LogP contribution in [0.1, 0.15) is 6.42 Å². The van der Waals surface area contributed by atoms with Gasteiger partial charge in [-0.3, -0.25) is 0 Å². The molecule has 0 saturated heterocycles. The number of hydrogen-bond acceptors (Lipinski definition) is 2. The van der Waals surface area contributed by atoms with Crippen LogP contribution in [0.25, 0.3) is 0 Å². The fraction of sp³-hybridized carbons (Fsp3) is 1.00. The highest BCUT2D eigenvalue weighted by molar-refractivity contribution is 14.1. The van der Waals surface area contributed by atoms with E-state index < -0.39 is 0 Å². The molecule has 0 aliphatic heterocycles. The fourth-order valence-corrected chi connectivity index (χ4v) is 1.16. The highest BCUT2D eigenvalue weighted by Crippen LogP contribution is 2.03. The van der Waals surface area contributed by atoms with Gasteiger partial charge in [0.05, 0.1) is 12.2 Å². The molecule has 0 aliphatic rings. The van der Waals surface area contributed by atoms with Crippen LogP contribution in [0.2, 0.25) is 0 Å². The summed E-state index contributed by atoms with van der Waals surface area (Å²) in [5.74, 6) is 0. The summed E-state index contributed by atoms with van der Waals surface area (Å²) >= 11 is 4.20. The van der Waals surface area contributed by atoms with Crippen LogP contribution in [0.5, 0.6) is 0 Å². The normalized spacial score (nSPS) is 17.3. The van der Waals surface area contributed by atoms with Gasteiger partial charge in [0.2, 0.25) is 0 Å². The molecular weight excluding hydrogens is 346 g/mol. The third-order valence-electron chi connectivity index (χ3n) is 0.900. The Hall–Kier alpha value is 1.38. The van der Waals surface area contributed by atoms with Crippen LogP contribution < -0.4 is 0 Å². The molecule has 0 bridgehead atoms. The topological polar surface area (TPSA) is 40.5 Å². The Morgan fingerprint density at radius 3 is 1.56 bits per heavy atom. The molecule has 2 nitrogen and oxygen atoms in total. The summed E-state index contributed by atoms with van der Waals surface area (Å²) < 4.78 is 1.40. The van der Waals surface area contributed by atoms with E-state index in [0.29, 0.717) is 15.3 Å². The summed E-state index contributed by atoms with van der Waals surface area (Å²) in [5, 5.41) is 18.0. The molecule has 0 aromatic heterocycles. The van der Waals surface area contributed by atoms with Crippen molar-refractivity contribution in [1.29, 1.82) is 0 Å². The van der Waals surface area contributed by atoms with Crippen molar-refractivity contribution >= 4 is 45.2 Å². The van der Waals surface area contributed by atoms with Gasteiger partial charge in [-0.15, -0.1) is 0 Å².